The minimum atomic E-state index is -1.12. The predicted octanol–water partition coefficient (Wildman–Crippen LogP) is 3.31. The zero-order valence-electron chi connectivity index (χ0n) is 7.93. The van der Waals surface area contributed by atoms with E-state index >= 15 is 0 Å². The van der Waals surface area contributed by atoms with Gasteiger partial charge in [-0.2, -0.15) is 0 Å². The third-order valence-electron chi connectivity index (χ3n) is 2.12. The van der Waals surface area contributed by atoms with E-state index in [1.165, 1.54) is 6.07 Å². The standard InChI is InChI=1S/C10H9BrF2O2/c1-2-5(10(14)15)6-3-7(11)9(13)4-8(6)12/h3-5H,2H2,1H3,(H,14,15). The second-order valence-electron chi connectivity index (χ2n) is 3.09. The minimum absolute atomic E-state index is 0.00160. The molecule has 0 amide bonds. The van der Waals surface area contributed by atoms with Crippen molar-refractivity contribution in [3.8, 4) is 0 Å². The number of hydrogen-bond donors (Lipinski definition) is 1. The fourth-order valence-corrected chi connectivity index (χ4v) is 1.69. The zero-order chi connectivity index (χ0) is 11.6. The molecule has 15 heavy (non-hydrogen) atoms. The lowest BCUT2D eigenvalue weighted by Crippen LogP contribution is -2.12. The molecule has 0 bridgehead atoms. The van der Waals surface area contributed by atoms with Gasteiger partial charge in [-0.25, -0.2) is 8.78 Å². The molecule has 0 saturated heterocycles. The third-order valence-corrected chi connectivity index (χ3v) is 2.73. The van der Waals surface area contributed by atoms with Gasteiger partial charge in [0.15, 0.2) is 0 Å². The van der Waals surface area contributed by atoms with Crippen molar-refractivity contribution in [3.63, 3.8) is 0 Å². The van der Waals surface area contributed by atoms with E-state index in [9.17, 15) is 13.6 Å². The molecule has 1 aromatic rings. The minimum Gasteiger partial charge on any atom is -0.481 e. The molecular weight excluding hydrogens is 270 g/mol. The maximum Gasteiger partial charge on any atom is 0.311 e. The highest BCUT2D eigenvalue weighted by Gasteiger charge is 2.22. The molecular formula is C10H9BrF2O2. The molecule has 1 N–H and O–H groups in total. The van der Waals surface area contributed by atoms with Gasteiger partial charge < -0.3 is 5.11 Å². The molecule has 0 aliphatic rings. The average molecular weight is 279 g/mol. The molecule has 1 unspecified atom stereocenters. The smallest absolute Gasteiger partial charge is 0.311 e. The Balaban J connectivity index is 3.24. The van der Waals surface area contributed by atoms with E-state index in [2.05, 4.69) is 15.9 Å². The lowest BCUT2D eigenvalue weighted by atomic mass is 9.96. The quantitative estimate of drug-likeness (QED) is 0.862. The van der Waals surface area contributed by atoms with Crippen LogP contribution in [0.25, 0.3) is 0 Å². The lowest BCUT2D eigenvalue weighted by molar-refractivity contribution is -0.138. The van der Waals surface area contributed by atoms with E-state index in [0.29, 0.717) is 6.07 Å². The van der Waals surface area contributed by atoms with E-state index < -0.39 is 23.5 Å². The van der Waals surface area contributed by atoms with Gasteiger partial charge >= 0.3 is 5.97 Å². The van der Waals surface area contributed by atoms with Crippen molar-refractivity contribution in [2.24, 2.45) is 0 Å². The first-order chi connectivity index (χ1) is 6.97. The van der Waals surface area contributed by atoms with Crippen LogP contribution in [0, 0.1) is 11.6 Å². The van der Waals surface area contributed by atoms with Crippen LogP contribution in [0.2, 0.25) is 0 Å². The molecule has 0 spiro atoms. The molecule has 0 aliphatic carbocycles. The second kappa shape index (κ2) is 4.70. The number of carbonyl (C=O) groups is 1. The summed E-state index contributed by atoms with van der Waals surface area (Å²) in [5, 5.41) is 8.84. The topological polar surface area (TPSA) is 37.3 Å². The molecule has 1 rings (SSSR count). The molecule has 0 aliphatic heterocycles. The van der Waals surface area contributed by atoms with Crippen LogP contribution in [0.1, 0.15) is 24.8 Å². The normalized spacial score (nSPS) is 12.5. The molecule has 0 saturated carbocycles. The Hall–Kier alpha value is -0.970. The lowest BCUT2D eigenvalue weighted by Gasteiger charge is -2.11. The summed E-state index contributed by atoms with van der Waals surface area (Å²) < 4.78 is 26.3. The van der Waals surface area contributed by atoms with Crippen molar-refractivity contribution in [2.45, 2.75) is 19.3 Å². The number of aliphatic carboxylic acids is 1. The number of rotatable bonds is 3. The van der Waals surface area contributed by atoms with E-state index in [-0.39, 0.29) is 16.5 Å². The summed E-state index contributed by atoms with van der Waals surface area (Å²) in [6.07, 6.45) is 0.254. The first-order valence-corrected chi connectivity index (χ1v) is 5.14. The summed E-state index contributed by atoms with van der Waals surface area (Å²) in [7, 11) is 0. The van der Waals surface area contributed by atoms with Crippen molar-refractivity contribution in [1.82, 2.24) is 0 Å². The largest absolute Gasteiger partial charge is 0.481 e. The highest BCUT2D eigenvalue weighted by molar-refractivity contribution is 9.10. The average Bonchev–Trinajstić information content (AvgIpc) is 2.14. The van der Waals surface area contributed by atoms with E-state index in [0.717, 1.165) is 0 Å². The number of carboxylic acid groups (broad SMARTS) is 1. The Labute approximate surface area is 94.0 Å². The highest BCUT2D eigenvalue weighted by atomic mass is 79.9. The number of halogens is 3. The van der Waals surface area contributed by atoms with E-state index in [4.69, 9.17) is 5.11 Å². The monoisotopic (exact) mass is 278 g/mol. The van der Waals surface area contributed by atoms with Gasteiger partial charge in [0, 0.05) is 11.6 Å². The fourth-order valence-electron chi connectivity index (χ4n) is 1.33. The van der Waals surface area contributed by atoms with Crippen LogP contribution >= 0.6 is 15.9 Å². The van der Waals surface area contributed by atoms with Gasteiger partial charge in [0.2, 0.25) is 0 Å². The van der Waals surface area contributed by atoms with Crippen LogP contribution in [0.3, 0.4) is 0 Å². The van der Waals surface area contributed by atoms with Crippen molar-refractivity contribution in [2.75, 3.05) is 0 Å². The summed E-state index contributed by atoms with van der Waals surface area (Å²) >= 11 is 2.89. The summed E-state index contributed by atoms with van der Waals surface area (Å²) in [5.74, 6) is -3.63. The summed E-state index contributed by atoms with van der Waals surface area (Å²) in [6, 6.07) is 1.86. The van der Waals surface area contributed by atoms with Crippen LogP contribution < -0.4 is 0 Å². The second-order valence-corrected chi connectivity index (χ2v) is 3.94. The Kier molecular flexibility index (Phi) is 3.79. The van der Waals surface area contributed by atoms with Crippen molar-refractivity contribution >= 4 is 21.9 Å². The molecule has 0 aromatic heterocycles. The summed E-state index contributed by atoms with van der Waals surface area (Å²) in [6.45, 7) is 1.63. The van der Waals surface area contributed by atoms with Crippen LogP contribution in [-0.4, -0.2) is 11.1 Å². The Morgan fingerprint density at radius 1 is 1.47 bits per heavy atom. The van der Waals surface area contributed by atoms with Crippen molar-refractivity contribution in [3.05, 3.63) is 33.8 Å². The van der Waals surface area contributed by atoms with Gasteiger partial charge in [0.25, 0.3) is 0 Å². The maximum atomic E-state index is 13.3. The summed E-state index contributed by atoms with van der Waals surface area (Å²) in [4.78, 5) is 10.8. The molecule has 5 heteroatoms. The molecule has 1 atom stereocenters. The van der Waals surface area contributed by atoms with Crippen molar-refractivity contribution in [1.29, 1.82) is 0 Å². The Bertz CT molecular complexity index is 393. The van der Waals surface area contributed by atoms with Gasteiger partial charge in [-0.1, -0.05) is 6.92 Å². The first kappa shape index (κ1) is 12.1. The zero-order valence-corrected chi connectivity index (χ0v) is 9.51. The number of hydrogen-bond acceptors (Lipinski definition) is 1. The van der Waals surface area contributed by atoms with Gasteiger partial charge in [0.1, 0.15) is 11.6 Å². The Morgan fingerprint density at radius 2 is 2.07 bits per heavy atom. The van der Waals surface area contributed by atoms with E-state index in [1.54, 1.807) is 6.92 Å². The first-order valence-electron chi connectivity index (χ1n) is 4.34. The van der Waals surface area contributed by atoms with Crippen LogP contribution in [0.5, 0.6) is 0 Å². The Morgan fingerprint density at radius 3 is 2.53 bits per heavy atom. The summed E-state index contributed by atoms with van der Waals surface area (Å²) in [5.41, 5.74) is -0.00160. The van der Waals surface area contributed by atoms with Gasteiger partial charge in [-0.15, -0.1) is 0 Å². The molecule has 1 aromatic carbocycles. The maximum absolute atomic E-state index is 13.3. The van der Waals surface area contributed by atoms with Gasteiger partial charge in [-0.3, -0.25) is 4.79 Å². The number of benzene rings is 1. The fraction of sp³-hybridized carbons (Fsp3) is 0.300. The molecule has 2 nitrogen and oxygen atoms in total. The number of carboxylic acids is 1. The molecule has 82 valence electrons. The van der Waals surface area contributed by atoms with E-state index in [1.807, 2.05) is 0 Å². The highest BCUT2D eigenvalue weighted by Crippen LogP contribution is 2.27. The molecule has 0 heterocycles. The van der Waals surface area contributed by atoms with Crippen molar-refractivity contribution < 1.29 is 18.7 Å². The predicted molar refractivity (Wildman–Crippen MR) is 54.7 cm³/mol. The third kappa shape index (κ3) is 2.53. The van der Waals surface area contributed by atoms with Gasteiger partial charge in [0.05, 0.1) is 10.4 Å². The van der Waals surface area contributed by atoms with Crippen LogP contribution in [-0.2, 0) is 4.79 Å². The SMILES string of the molecule is CCC(C(=O)O)c1cc(Br)c(F)cc1F. The molecule has 0 radical (unpaired) electrons. The van der Waals surface area contributed by atoms with Crippen LogP contribution in [0.15, 0.2) is 16.6 Å². The van der Waals surface area contributed by atoms with Crippen LogP contribution in [0.4, 0.5) is 8.78 Å². The van der Waals surface area contributed by atoms with Gasteiger partial charge in [-0.05, 0) is 28.4 Å². The molecule has 0 fully saturated rings.